The summed E-state index contributed by atoms with van der Waals surface area (Å²) < 4.78 is 5.40. The van der Waals surface area contributed by atoms with E-state index in [2.05, 4.69) is 15.9 Å². The summed E-state index contributed by atoms with van der Waals surface area (Å²) in [7, 11) is 0. The molecule has 4 atom stereocenters. The summed E-state index contributed by atoms with van der Waals surface area (Å²) in [5.74, 6) is -2.06. The van der Waals surface area contributed by atoms with Gasteiger partial charge >= 0.3 is 18.1 Å². The average molecular weight is 630 g/mol. The van der Waals surface area contributed by atoms with E-state index in [1.54, 1.807) is 20.8 Å². The van der Waals surface area contributed by atoms with E-state index in [1.165, 1.54) is 4.90 Å². The molecule has 0 bridgehead atoms. The van der Waals surface area contributed by atoms with Gasteiger partial charge in [-0.2, -0.15) is 0 Å². The minimum atomic E-state index is -1.43. The van der Waals surface area contributed by atoms with Crippen LogP contribution in [0, 0.1) is 5.92 Å². The molecule has 2 aromatic rings. The summed E-state index contributed by atoms with van der Waals surface area (Å²) in [6, 6.07) is 14.1. The number of carbonyl (C=O) groups is 4. The molecule has 0 unspecified atom stereocenters. The van der Waals surface area contributed by atoms with Gasteiger partial charge in [0.15, 0.2) is 0 Å². The number of ether oxygens (including phenoxy) is 1. The van der Waals surface area contributed by atoms with Crippen molar-refractivity contribution in [1.82, 2.24) is 20.7 Å². The molecule has 2 heterocycles. The lowest BCUT2D eigenvalue weighted by Crippen LogP contribution is -2.58. The Labute approximate surface area is 267 Å². The summed E-state index contributed by atoms with van der Waals surface area (Å²) in [6.45, 7) is 5.34. The first-order chi connectivity index (χ1) is 22.0. The van der Waals surface area contributed by atoms with Gasteiger partial charge in [-0.1, -0.05) is 65.8 Å². The molecule has 4 aliphatic rings. The zero-order valence-electron chi connectivity index (χ0n) is 26.2. The van der Waals surface area contributed by atoms with Crippen LogP contribution in [0.2, 0.25) is 0 Å². The second-order valence-corrected chi connectivity index (χ2v) is 13.2. The van der Waals surface area contributed by atoms with Gasteiger partial charge in [-0.3, -0.25) is 4.79 Å². The highest BCUT2D eigenvalue weighted by molar-refractivity contribution is 6.24. The van der Waals surface area contributed by atoms with Crippen molar-refractivity contribution in [1.29, 1.82) is 0 Å². The van der Waals surface area contributed by atoms with Crippen molar-refractivity contribution < 1.29 is 33.9 Å². The third-order valence-corrected chi connectivity index (χ3v) is 8.73. The van der Waals surface area contributed by atoms with Gasteiger partial charge in [-0.05, 0) is 57.6 Å². The number of benzene rings is 2. The van der Waals surface area contributed by atoms with Crippen LogP contribution in [0.25, 0.3) is 11.1 Å². The molecule has 2 fully saturated rings. The van der Waals surface area contributed by atoms with Crippen LogP contribution < -0.4 is 10.7 Å². The van der Waals surface area contributed by atoms with Crippen LogP contribution in [0.5, 0.6) is 0 Å². The number of fused-ring (bicyclic) bond motifs is 5. The smallest absolute Gasteiger partial charge is 0.426 e. The number of oxime groups is 1. The highest BCUT2D eigenvalue weighted by Crippen LogP contribution is 2.45. The summed E-state index contributed by atoms with van der Waals surface area (Å²) in [5.41, 5.74) is 4.89. The van der Waals surface area contributed by atoms with Crippen LogP contribution in [0.4, 0.5) is 9.59 Å². The predicted octanol–water partition coefficient (Wildman–Crippen LogP) is 4.44. The van der Waals surface area contributed by atoms with Gasteiger partial charge in [0.1, 0.15) is 29.0 Å². The molecule has 4 amide bonds. The van der Waals surface area contributed by atoms with Gasteiger partial charge in [-0.25, -0.2) is 24.8 Å². The number of urea groups is 1. The second-order valence-electron chi connectivity index (χ2n) is 13.2. The quantitative estimate of drug-likeness (QED) is 0.285. The molecule has 2 aliphatic carbocycles. The highest BCUT2D eigenvalue weighted by Gasteiger charge is 2.61. The first-order valence-corrected chi connectivity index (χ1v) is 15.7. The number of hydrazine groups is 1. The Bertz CT molecular complexity index is 1570. The first kappa shape index (κ1) is 31.1. The van der Waals surface area contributed by atoms with E-state index >= 15 is 0 Å². The van der Waals surface area contributed by atoms with E-state index < -0.39 is 47.3 Å². The molecule has 0 radical (unpaired) electrons. The number of carboxylic acids is 1. The van der Waals surface area contributed by atoms with Gasteiger partial charge in [0.25, 0.3) is 0 Å². The van der Waals surface area contributed by atoms with Crippen molar-refractivity contribution in [3.8, 4) is 11.1 Å². The van der Waals surface area contributed by atoms with Crippen molar-refractivity contribution in [2.24, 2.45) is 11.1 Å². The summed E-state index contributed by atoms with van der Waals surface area (Å²) in [5, 5.41) is 18.5. The number of allylic oxidation sites excluding steroid dienone is 1. The maximum Gasteiger partial charge on any atom is 0.426 e. The third kappa shape index (κ3) is 6.16. The molecule has 0 aromatic heterocycles. The Morgan fingerprint density at radius 1 is 1.02 bits per heavy atom. The lowest BCUT2D eigenvalue weighted by molar-refractivity contribution is -0.144. The molecule has 6 rings (SSSR count). The summed E-state index contributed by atoms with van der Waals surface area (Å²) in [4.78, 5) is 60.3. The lowest BCUT2D eigenvalue weighted by Gasteiger charge is -2.32. The minimum absolute atomic E-state index is 0.00705. The predicted molar refractivity (Wildman–Crippen MR) is 169 cm³/mol. The molecule has 1 saturated carbocycles. The van der Waals surface area contributed by atoms with Crippen LogP contribution >= 0.6 is 0 Å². The largest absolute Gasteiger partial charge is 0.479 e. The molecular formula is C34H39N5O7. The normalized spacial score (nSPS) is 26.4. The van der Waals surface area contributed by atoms with E-state index in [9.17, 15) is 24.3 Å². The fourth-order valence-corrected chi connectivity index (χ4v) is 6.38. The maximum atomic E-state index is 14.1. The van der Waals surface area contributed by atoms with Crippen molar-refractivity contribution in [3.63, 3.8) is 0 Å². The molecule has 46 heavy (non-hydrogen) atoms. The molecule has 242 valence electrons. The van der Waals surface area contributed by atoms with Gasteiger partial charge < -0.3 is 24.9 Å². The minimum Gasteiger partial charge on any atom is -0.479 e. The van der Waals surface area contributed by atoms with E-state index in [0.29, 0.717) is 25.0 Å². The third-order valence-electron chi connectivity index (χ3n) is 8.73. The number of amides is 4. The Balaban J connectivity index is 1.29. The molecule has 2 aliphatic heterocycles. The molecule has 3 N–H and O–H groups in total. The monoisotopic (exact) mass is 629 g/mol. The van der Waals surface area contributed by atoms with E-state index in [4.69, 9.17) is 9.57 Å². The van der Waals surface area contributed by atoms with Crippen molar-refractivity contribution in [2.45, 2.75) is 76.2 Å². The molecular weight excluding hydrogens is 590 g/mol. The van der Waals surface area contributed by atoms with Gasteiger partial charge in [0, 0.05) is 30.0 Å². The fraction of sp³-hybridized carbons (Fsp3) is 0.441. The first-order valence-electron chi connectivity index (χ1n) is 15.7. The molecule has 1 saturated heterocycles. The molecule has 2 aromatic carbocycles. The average Bonchev–Trinajstić information content (AvgIpc) is 3.38. The second kappa shape index (κ2) is 12.1. The van der Waals surface area contributed by atoms with Crippen LogP contribution in [-0.2, 0) is 19.2 Å². The molecule has 12 nitrogen and oxygen atoms in total. The summed E-state index contributed by atoms with van der Waals surface area (Å²) >= 11 is 0. The van der Waals surface area contributed by atoms with Crippen LogP contribution in [0.3, 0.4) is 0 Å². The van der Waals surface area contributed by atoms with Crippen LogP contribution in [0.15, 0.2) is 65.8 Å². The van der Waals surface area contributed by atoms with Gasteiger partial charge in [0.2, 0.25) is 5.91 Å². The zero-order valence-corrected chi connectivity index (χ0v) is 26.2. The van der Waals surface area contributed by atoms with E-state index in [1.807, 2.05) is 60.7 Å². The number of rotatable bonds is 4. The van der Waals surface area contributed by atoms with E-state index in [-0.39, 0.29) is 31.8 Å². The topological polar surface area (TPSA) is 150 Å². The van der Waals surface area contributed by atoms with Crippen LogP contribution in [-0.4, -0.2) is 81.1 Å². The number of carbonyl (C=O) groups excluding carboxylic acids is 3. The SMILES string of the molecule is CC(C)(C)OC(=O)NN1CCCC/C=C\[C@H]2C[C@@]2(C(=O)O)NC(=O)[C@@H]2C[C@@H](ON=C3c4ccccc4-c4ccccc43)CN2C1=O. The zero-order chi connectivity index (χ0) is 32.6. The standard InChI is InChI=1S/C34H39N5O7/c1-33(2,3)45-31(43)36-39-17-11-5-4-6-12-21-19-34(21,30(41)42)35-29(40)27-18-22(20-38(27)32(39)44)46-37-28-25-15-9-7-13-23(25)24-14-8-10-16-26(24)28/h6-10,12-16,21-22,27H,4-5,11,17-20H2,1-3H3,(H,35,40)(H,36,43)(H,41,42)/b12-6-/t21-,22+,27-,34+/m0/s1. The highest BCUT2D eigenvalue weighted by atomic mass is 16.6. The summed E-state index contributed by atoms with van der Waals surface area (Å²) in [6.07, 6.45) is 4.52. The number of carboxylic acid groups (broad SMARTS) is 1. The van der Waals surface area contributed by atoms with E-state index in [0.717, 1.165) is 27.3 Å². The van der Waals surface area contributed by atoms with Gasteiger partial charge in [-0.15, -0.1) is 0 Å². The van der Waals surface area contributed by atoms with Crippen LogP contribution in [0.1, 0.15) is 64.0 Å². The van der Waals surface area contributed by atoms with Crippen molar-refractivity contribution in [3.05, 3.63) is 71.8 Å². The van der Waals surface area contributed by atoms with Gasteiger partial charge in [0.05, 0.1) is 6.54 Å². The fourth-order valence-electron chi connectivity index (χ4n) is 6.38. The number of hydrogen-bond acceptors (Lipinski definition) is 7. The number of nitrogens with one attached hydrogen (secondary N) is 2. The Hall–Kier alpha value is -4.87. The van der Waals surface area contributed by atoms with Crippen molar-refractivity contribution in [2.75, 3.05) is 13.1 Å². The maximum absolute atomic E-state index is 14.1. The molecule has 12 heteroatoms. The van der Waals surface area contributed by atoms with Crippen molar-refractivity contribution >= 4 is 29.7 Å². The Morgan fingerprint density at radius 2 is 1.67 bits per heavy atom. The Morgan fingerprint density at radius 3 is 2.30 bits per heavy atom. The number of aliphatic carboxylic acids is 1. The molecule has 0 spiro atoms. The number of nitrogens with zero attached hydrogens (tertiary/aromatic N) is 3. The lowest BCUT2D eigenvalue weighted by atomic mass is 10.1. The number of hydrogen-bond donors (Lipinski definition) is 3. The Kier molecular flexibility index (Phi) is 8.22.